The molecule has 0 aromatic heterocycles. The van der Waals surface area contributed by atoms with Crippen molar-refractivity contribution in [3.63, 3.8) is 0 Å². The van der Waals surface area contributed by atoms with Crippen molar-refractivity contribution in [1.82, 2.24) is 5.32 Å². The van der Waals surface area contributed by atoms with Gasteiger partial charge < -0.3 is 19.5 Å². The highest BCUT2D eigenvalue weighted by atomic mass is 16.5. The van der Waals surface area contributed by atoms with Gasteiger partial charge >= 0.3 is 11.9 Å². The molecule has 7 nitrogen and oxygen atoms in total. The van der Waals surface area contributed by atoms with E-state index < -0.39 is 23.8 Å². The quantitative estimate of drug-likeness (QED) is 0.570. The molecule has 1 N–H and O–H groups in total. The van der Waals surface area contributed by atoms with E-state index in [0.717, 1.165) is 0 Å². The van der Waals surface area contributed by atoms with Gasteiger partial charge in [0.05, 0.1) is 31.8 Å². The van der Waals surface area contributed by atoms with E-state index in [1.807, 2.05) is 25.1 Å². The molecule has 1 aliphatic carbocycles. The molecule has 0 amide bonds. The molecule has 31 heavy (non-hydrogen) atoms. The Balaban J connectivity index is 2.23. The van der Waals surface area contributed by atoms with E-state index in [-0.39, 0.29) is 17.8 Å². The first-order valence-corrected chi connectivity index (χ1v) is 10.4. The minimum Gasteiger partial charge on any atom is -0.496 e. The fourth-order valence-corrected chi connectivity index (χ4v) is 4.44. The molecule has 1 aromatic rings. The second-order valence-corrected chi connectivity index (χ2v) is 8.23. The second-order valence-electron chi connectivity index (χ2n) is 8.23. The van der Waals surface area contributed by atoms with Gasteiger partial charge in [-0.2, -0.15) is 0 Å². The number of para-hydroxylation sites is 1. The lowest BCUT2D eigenvalue weighted by Crippen LogP contribution is -2.43. The molecule has 0 unspecified atom stereocenters. The summed E-state index contributed by atoms with van der Waals surface area (Å²) >= 11 is 0. The lowest BCUT2D eigenvalue weighted by molar-refractivity contribution is -0.151. The topological polar surface area (TPSA) is 90.9 Å². The maximum atomic E-state index is 13.6. The van der Waals surface area contributed by atoms with E-state index in [1.54, 1.807) is 33.9 Å². The van der Waals surface area contributed by atoms with E-state index >= 15 is 0 Å². The number of carbonyl (C=O) groups is 3. The number of rotatable bonds is 5. The van der Waals surface area contributed by atoms with Gasteiger partial charge in [0.2, 0.25) is 0 Å². The van der Waals surface area contributed by atoms with Crippen molar-refractivity contribution in [3.8, 4) is 5.75 Å². The van der Waals surface area contributed by atoms with Crippen LogP contribution in [0.15, 0.2) is 46.8 Å². The number of allylic oxidation sites excluding steroid dienone is 3. The Morgan fingerprint density at radius 2 is 1.84 bits per heavy atom. The Bertz CT molecular complexity index is 974. The van der Waals surface area contributed by atoms with Gasteiger partial charge in [0, 0.05) is 22.5 Å². The van der Waals surface area contributed by atoms with Crippen molar-refractivity contribution < 1.29 is 28.6 Å². The first kappa shape index (κ1) is 22.6. The third-order valence-electron chi connectivity index (χ3n) is 5.76. The van der Waals surface area contributed by atoms with Crippen LogP contribution in [0.3, 0.4) is 0 Å². The van der Waals surface area contributed by atoms with Gasteiger partial charge in [-0.1, -0.05) is 25.1 Å². The normalized spacial score (nSPS) is 23.3. The molecule has 3 rings (SSSR count). The van der Waals surface area contributed by atoms with Crippen molar-refractivity contribution in [2.24, 2.45) is 11.8 Å². The van der Waals surface area contributed by atoms with Crippen molar-refractivity contribution >= 4 is 17.7 Å². The number of dihydropyridines is 1. The Hall–Kier alpha value is -3.09. The smallest absolute Gasteiger partial charge is 0.337 e. The summed E-state index contributed by atoms with van der Waals surface area (Å²) in [6.45, 7) is 7.19. The predicted octanol–water partition coefficient (Wildman–Crippen LogP) is 3.26. The molecule has 0 fully saturated rings. The molecule has 0 saturated carbocycles. The van der Waals surface area contributed by atoms with Crippen molar-refractivity contribution in [1.29, 1.82) is 0 Å². The molecule has 0 saturated heterocycles. The number of methoxy groups -OCH3 is 2. The zero-order chi connectivity index (χ0) is 22.9. The van der Waals surface area contributed by atoms with Crippen LogP contribution in [0, 0.1) is 11.8 Å². The standard InChI is InChI=1S/C24H29NO6/c1-12(2)31-24(28)19-14(4)25-16-11-13(3)18(23(27)30-6)22(26)21(16)20(19)15-9-7-8-10-17(15)29-5/h7-10,12-13,18,20,25H,11H2,1-6H3/t13-,18-,20-/m0/s1. The average Bonchev–Trinajstić information content (AvgIpc) is 2.71. The molecule has 166 valence electrons. The van der Waals surface area contributed by atoms with Gasteiger partial charge in [-0.05, 0) is 39.2 Å². The maximum Gasteiger partial charge on any atom is 0.337 e. The Morgan fingerprint density at radius 3 is 2.45 bits per heavy atom. The van der Waals surface area contributed by atoms with Crippen LogP contribution in [0.2, 0.25) is 0 Å². The molecule has 3 atom stereocenters. The number of benzene rings is 1. The van der Waals surface area contributed by atoms with Crippen LogP contribution in [-0.4, -0.2) is 38.0 Å². The largest absolute Gasteiger partial charge is 0.496 e. The van der Waals surface area contributed by atoms with Crippen LogP contribution in [0.1, 0.15) is 45.6 Å². The Kier molecular flexibility index (Phi) is 6.53. The van der Waals surface area contributed by atoms with Crippen LogP contribution < -0.4 is 10.1 Å². The van der Waals surface area contributed by atoms with Gasteiger partial charge in [0.1, 0.15) is 11.7 Å². The first-order valence-electron chi connectivity index (χ1n) is 10.4. The summed E-state index contributed by atoms with van der Waals surface area (Å²) in [4.78, 5) is 39.2. The number of nitrogens with one attached hydrogen (secondary N) is 1. The van der Waals surface area contributed by atoms with Crippen molar-refractivity contribution in [2.45, 2.75) is 46.1 Å². The third kappa shape index (κ3) is 4.09. The summed E-state index contributed by atoms with van der Waals surface area (Å²) in [5.41, 5.74) is 2.73. The lowest BCUT2D eigenvalue weighted by Gasteiger charge is -2.38. The minimum absolute atomic E-state index is 0.235. The van der Waals surface area contributed by atoms with Gasteiger partial charge in [-0.3, -0.25) is 9.59 Å². The van der Waals surface area contributed by atoms with Crippen LogP contribution in [0.5, 0.6) is 5.75 Å². The summed E-state index contributed by atoms with van der Waals surface area (Å²) in [6, 6.07) is 7.26. The van der Waals surface area contributed by atoms with Gasteiger partial charge in [0.15, 0.2) is 5.78 Å². The number of ether oxygens (including phenoxy) is 3. The highest BCUT2D eigenvalue weighted by Gasteiger charge is 2.47. The van der Waals surface area contributed by atoms with Crippen molar-refractivity contribution in [3.05, 3.63) is 52.4 Å². The molecule has 0 spiro atoms. The Morgan fingerprint density at radius 1 is 1.16 bits per heavy atom. The van der Waals surface area contributed by atoms with Crippen molar-refractivity contribution in [2.75, 3.05) is 14.2 Å². The SMILES string of the molecule is COC(=O)[C@@H]1C(=O)C2=C(C[C@@H]1C)NC(C)=C(C(=O)OC(C)C)[C@@H]2c1ccccc1OC. The fourth-order valence-electron chi connectivity index (χ4n) is 4.44. The second kappa shape index (κ2) is 8.96. The fraction of sp³-hybridized carbons (Fsp3) is 0.458. The summed E-state index contributed by atoms with van der Waals surface area (Å²) < 4.78 is 16.0. The minimum atomic E-state index is -0.927. The molecular weight excluding hydrogens is 398 g/mol. The zero-order valence-electron chi connectivity index (χ0n) is 18.8. The van der Waals surface area contributed by atoms with E-state index in [2.05, 4.69) is 5.32 Å². The van der Waals surface area contributed by atoms with Gasteiger partial charge in [-0.15, -0.1) is 0 Å². The average molecular weight is 427 g/mol. The number of carbonyl (C=O) groups excluding carboxylic acids is 3. The van der Waals surface area contributed by atoms with Crippen LogP contribution in [0.25, 0.3) is 0 Å². The molecule has 2 aliphatic rings. The summed E-state index contributed by atoms with van der Waals surface area (Å²) in [7, 11) is 2.82. The zero-order valence-corrected chi connectivity index (χ0v) is 18.8. The number of esters is 2. The van der Waals surface area contributed by atoms with Gasteiger partial charge in [0.25, 0.3) is 0 Å². The summed E-state index contributed by atoms with van der Waals surface area (Å²) in [5.74, 6) is -2.75. The summed E-state index contributed by atoms with van der Waals surface area (Å²) in [5, 5.41) is 3.24. The van der Waals surface area contributed by atoms with E-state index in [9.17, 15) is 14.4 Å². The highest BCUT2D eigenvalue weighted by molar-refractivity contribution is 6.12. The molecular formula is C24H29NO6. The lowest BCUT2D eigenvalue weighted by atomic mass is 9.69. The van der Waals surface area contributed by atoms with E-state index in [0.29, 0.717) is 40.3 Å². The first-order chi connectivity index (χ1) is 14.7. The summed E-state index contributed by atoms with van der Waals surface area (Å²) in [6.07, 6.45) is 0.155. The van der Waals surface area contributed by atoms with Crippen LogP contribution in [0.4, 0.5) is 0 Å². The third-order valence-corrected chi connectivity index (χ3v) is 5.76. The number of hydrogen-bond donors (Lipinski definition) is 1. The van der Waals surface area contributed by atoms with E-state index in [4.69, 9.17) is 14.2 Å². The molecule has 0 bridgehead atoms. The highest BCUT2D eigenvalue weighted by Crippen LogP contribution is 2.47. The maximum absolute atomic E-state index is 13.6. The number of hydrogen-bond acceptors (Lipinski definition) is 7. The number of ketones is 1. The van der Waals surface area contributed by atoms with E-state index in [1.165, 1.54) is 7.11 Å². The molecule has 0 radical (unpaired) electrons. The predicted molar refractivity (Wildman–Crippen MR) is 114 cm³/mol. The number of Topliss-reactive ketones (excluding diaryl/α,β-unsaturated/α-hetero) is 1. The Labute approximate surface area is 182 Å². The van der Waals surface area contributed by atoms with Crippen LogP contribution >= 0.6 is 0 Å². The van der Waals surface area contributed by atoms with Crippen LogP contribution in [-0.2, 0) is 23.9 Å². The molecule has 7 heteroatoms. The molecule has 1 aliphatic heterocycles. The molecule has 1 aromatic carbocycles. The molecule has 1 heterocycles. The monoisotopic (exact) mass is 427 g/mol. The van der Waals surface area contributed by atoms with Gasteiger partial charge in [-0.25, -0.2) is 4.79 Å².